The molecule has 0 aliphatic carbocycles. The van der Waals surface area contributed by atoms with Gasteiger partial charge in [0.05, 0.1) is 0 Å². The van der Waals surface area contributed by atoms with Crippen LogP contribution in [0.4, 0.5) is 0 Å². The number of carbonyl (C=O) groups is 1. The average molecular weight is 260 g/mol. The van der Waals surface area contributed by atoms with Gasteiger partial charge in [-0.25, -0.2) is 0 Å². The maximum Gasteiger partial charge on any atom is 0.218 e. The Labute approximate surface area is 115 Å². The zero-order valence-corrected chi connectivity index (χ0v) is 11.8. The number of hydrogen-bond acceptors (Lipinski definition) is 2. The normalized spacial score (nSPS) is 18.2. The van der Waals surface area contributed by atoms with E-state index in [2.05, 4.69) is 29.2 Å². The van der Waals surface area contributed by atoms with Crippen LogP contribution in [0.2, 0.25) is 0 Å². The van der Waals surface area contributed by atoms with E-state index in [1.165, 1.54) is 43.5 Å². The first-order valence-corrected chi connectivity index (χ1v) is 7.24. The molecule has 1 heterocycles. The average Bonchev–Trinajstić information content (AvgIpc) is 2.40. The Morgan fingerprint density at radius 1 is 1.21 bits per heavy atom. The number of nitrogens with two attached hydrogens (primary N) is 1. The van der Waals surface area contributed by atoms with Gasteiger partial charge in [-0.2, -0.15) is 0 Å². The molecule has 1 atom stereocenters. The number of piperidine rings is 1. The van der Waals surface area contributed by atoms with Gasteiger partial charge in [0.15, 0.2) is 0 Å². The van der Waals surface area contributed by atoms with Crippen molar-refractivity contribution in [2.75, 3.05) is 13.1 Å². The van der Waals surface area contributed by atoms with Gasteiger partial charge in [0.25, 0.3) is 0 Å². The molecule has 1 aromatic rings. The smallest absolute Gasteiger partial charge is 0.218 e. The topological polar surface area (TPSA) is 46.3 Å². The van der Waals surface area contributed by atoms with Crippen LogP contribution in [0.25, 0.3) is 0 Å². The molecule has 3 nitrogen and oxygen atoms in total. The highest BCUT2D eigenvalue weighted by Gasteiger charge is 2.11. The zero-order chi connectivity index (χ0) is 13.7. The Kier molecular flexibility index (Phi) is 4.97. The van der Waals surface area contributed by atoms with Crippen molar-refractivity contribution in [3.8, 4) is 0 Å². The van der Waals surface area contributed by atoms with Crippen molar-refractivity contribution >= 4 is 5.91 Å². The van der Waals surface area contributed by atoms with Gasteiger partial charge in [-0.1, -0.05) is 37.6 Å². The molecular formula is C16H24N2O. The Morgan fingerprint density at radius 3 is 2.42 bits per heavy atom. The standard InChI is InChI=1S/C16H24N2O/c1-13(11-16(17)19)15-7-5-14(6-8-15)12-18-9-3-2-4-10-18/h5-8,13H,2-4,9-12H2,1H3,(H2,17,19)/t13-/m1/s1. The molecule has 104 valence electrons. The molecule has 0 spiro atoms. The first-order valence-electron chi connectivity index (χ1n) is 7.24. The number of amides is 1. The van der Waals surface area contributed by atoms with Crippen LogP contribution in [-0.2, 0) is 11.3 Å². The van der Waals surface area contributed by atoms with Crippen molar-refractivity contribution in [1.29, 1.82) is 0 Å². The molecule has 0 unspecified atom stereocenters. The third-order valence-corrected chi connectivity index (χ3v) is 3.91. The molecule has 1 aliphatic rings. The summed E-state index contributed by atoms with van der Waals surface area (Å²) >= 11 is 0. The van der Waals surface area contributed by atoms with Gasteiger partial charge in [0, 0.05) is 13.0 Å². The third kappa shape index (κ3) is 4.35. The van der Waals surface area contributed by atoms with Crippen LogP contribution in [0, 0.1) is 0 Å². The molecule has 2 rings (SSSR count). The molecule has 0 radical (unpaired) electrons. The minimum absolute atomic E-state index is 0.210. The highest BCUT2D eigenvalue weighted by atomic mass is 16.1. The van der Waals surface area contributed by atoms with E-state index < -0.39 is 0 Å². The number of rotatable bonds is 5. The van der Waals surface area contributed by atoms with Gasteiger partial charge in [-0.05, 0) is 43.0 Å². The van der Waals surface area contributed by atoms with Crippen LogP contribution in [0.1, 0.15) is 49.7 Å². The lowest BCUT2D eigenvalue weighted by molar-refractivity contribution is -0.118. The van der Waals surface area contributed by atoms with Crippen molar-refractivity contribution in [1.82, 2.24) is 4.90 Å². The van der Waals surface area contributed by atoms with Gasteiger partial charge in [0.2, 0.25) is 5.91 Å². The van der Waals surface area contributed by atoms with E-state index in [1.54, 1.807) is 0 Å². The van der Waals surface area contributed by atoms with E-state index in [-0.39, 0.29) is 11.8 Å². The maximum absolute atomic E-state index is 10.9. The van der Waals surface area contributed by atoms with Gasteiger partial charge < -0.3 is 5.73 Å². The summed E-state index contributed by atoms with van der Waals surface area (Å²) in [5.41, 5.74) is 7.79. The Morgan fingerprint density at radius 2 is 1.84 bits per heavy atom. The van der Waals surface area contributed by atoms with Crippen molar-refractivity contribution in [2.24, 2.45) is 5.73 Å². The van der Waals surface area contributed by atoms with Crippen molar-refractivity contribution in [2.45, 2.75) is 45.1 Å². The highest BCUT2D eigenvalue weighted by molar-refractivity contribution is 5.74. The minimum Gasteiger partial charge on any atom is -0.370 e. The van der Waals surface area contributed by atoms with E-state index in [0.29, 0.717) is 6.42 Å². The molecule has 0 saturated carbocycles. The summed E-state index contributed by atoms with van der Waals surface area (Å²) in [5.74, 6) is -0.0218. The summed E-state index contributed by atoms with van der Waals surface area (Å²) in [4.78, 5) is 13.4. The van der Waals surface area contributed by atoms with Crippen LogP contribution in [0.15, 0.2) is 24.3 Å². The van der Waals surface area contributed by atoms with Gasteiger partial charge in [-0.3, -0.25) is 9.69 Å². The molecule has 0 aromatic heterocycles. The van der Waals surface area contributed by atoms with Crippen molar-refractivity contribution in [3.63, 3.8) is 0 Å². The molecule has 1 saturated heterocycles. The maximum atomic E-state index is 10.9. The van der Waals surface area contributed by atoms with Crippen LogP contribution in [-0.4, -0.2) is 23.9 Å². The second-order valence-electron chi connectivity index (χ2n) is 5.65. The van der Waals surface area contributed by atoms with Gasteiger partial charge in [0.1, 0.15) is 0 Å². The second kappa shape index (κ2) is 6.71. The third-order valence-electron chi connectivity index (χ3n) is 3.91. The highest BCUT2D eigenvalue weighted by Crippen LogP contribution is 2.20. The lowest BCUT2D eigenvalue weighted by Crippen LogP contribution is -2.29. The summed E-state index contributed by atoms with van der Waals surface area (Å²) in [6.45, 7) is 5.54. The van der Waals surface area contributed by atoms with Gasteiger partial charge >= 0.3 is 0 Å². The first kappa shape index (κ1) is 14.1. The predicted molar refractivity (Wildman–Crippen MR) is 77.8 cm³/mol. The Bertz CT molecular complexity index is 407. The number of carbonyl (C=O) groups excluding carboxylic acids is 1. The number of likely N-dealkylation sites (tertiary alicyclic amines) is 1. The summed E-state index contributed by atoms with van der Waals surface area (Å²) in [6, 6.07) is 8.63. The number of benzene rings is 1. The van der Waals surface area contributed by atoms with Crippen LogP contribution in [0.5, 0.6) is 0 Å². The SMILES string of the molecule is C[C@H](CC(N)=O)c1ccc(CN2CCCCC2)cc1. The zero-order valence-electron chi connectivity index (χ0n) is 11.8. The molecule has 1 amide bonds. The lowest BCUT2D eigenvalue weighted by atomic mass is 9.96. The molecule has 0 bridgehead atoms. The molecule has 19 heavy (non-hydrogen) atoms. The van der Waals surface area contributed by atoms with Crippen LogP contribution >= 0.6 is 0 Å². The predicted octanol–water partition coefficient (Wildman–Crippen LogP) is 2.65. The summed E-state index contributed by atoms with van der Waals surface area (Å²) in [5, 5.41) is 0. The fourth-order valence-corrected chi connectivity index (χ4v) is 2.75. The first-order chi connectivity index (χ1) is 9.15. The number of nitrogens with zero attached hydrogens (tertiary/aromatic N) is 1. The fourth-order valence-electron chi connectivity index (χ4n) is 2.75. The van der Waals surface area contributed by atoms with E-state index in [0.717, 1.165) is 6.54 Å². The second-order valence-corrected chi connectivity index (χ2v) is 5.65. The molecule has 1 fully saturated rings. The van der Waals surface area contributed by atoms with Crippen molar-refractivity contribution in [3.05, 3.63) is 35.4 Å². The molecule has 3 heteroatoms. The monoisotopic (exact) mass is 260 g/mol. The Balaban J connectivity index is 1.92. The molecule has 1 aliphatic heterocycles. The molecule has 2 N–H and O–H groups in total. The van der Waals surface area contributed by atoms with Crippen LogP contribution < -0.4 is 5.73 Å². The molecular weight excluding hydrogens is 236 g/mol. The van der Waals surface area contributed by atoms with Crippen LogP contribution in [0.3, 0.4) is 0 Å². The van der Waals surface area contributed by atoms with Gasteiger partial charge in [-0.15, -0.1) is 0 Å². The summed E-state index contributed by atoms with van der Waals surface area (Å²) < 4.78 is 0. The van der Waals surface area contributed by atoms with E-state index in [9.17, 15) is 4.79 Å². The van der Waals surface area contributed by atoms with E-state index >= 15 is 0 Å². The fraction of sp³-hybridized carbons (Fsp3) is 0.562. The quantitative estimate of drug-likeness (QED) is 0.884. The summed E-state index contributed by atoms with van der Waals surface area (Å²) in [6.07, 6.45) is 4.45. The lowest BCUT2D eigenvalue weighted by Gasteiger charge is -2.26. The van der Waals surface area contributed by atoms with E-state index in [1.807, 2.05) is 6.92 Å². The minimum atomic E-state index is -0.232. The largest absolute Gasteiger partial charge is 0.370 e. The molecule has 1 aromatic carbocycles. The van der Waals surface area contributed by atoms with E-state index in [4.69, 9.17) is 5.73 Å². The number of hydrogen-bond donors (Lipinski definition) is 1. The summed E-state index contributed by atoms with van der Waals surface area (Å²) in [7, 11) is 0. The van der Waals surface area contributed by atoms with Crippen molar-refractivity contribution < 1.29 is 4.79 Å². The Hall–Kier alpha value is -1.35. The number of primary amides is 1.